The summed E-state index contributed by atoms with van der Waals surface area (Å²) in [7, 11) is 0. The topological polar surface area (TPSA) is 32.9 Å². The van der Waals surface area contributed by atoms with Gasteiger partial charge in [0.15, 0.2) is 0 Å². The molecule has 0 amide bonds. The second-order valence-electron chi connectivity index (χ2n) is 1.37. The Morgan fingerprint density at radius 2 is 2.50 bits per heavy atom. The van der Waals surface area contributed by atoms with Crippen molar-refractivity contribution in [2.75, 3.05) is 0 Å². The molecule has 0 radical (unpaired) electrons. The van der Waals surface area contributed by atoms with E-state index in [1.54, 1.807) is 0 Å². The van der Waals surface area contributed by atoms with Crippen LogP contribution < -0.4 is 0 Å². The molecular formula is C5H4FNO. The highest BCUT2D eigenvalue weighted by atomic mass is 19.1. The first-order valence-corrected chi connectivity index (χ1v) is 2.13. The molecule has 3 heteroatoms. The number of hydrogen-bond acceptors (Lipinski definition) is 1. The number of H-pyrrole nitrogens is 1. The first kappa shape index (κ1) is 5.03. The lowest BCUT2D eigenvalue weighted by Gasteiger charge is -1.75. The molecule has 1 N–H and O–H groups in total. The third kappa shape index (κ3) is 0.753. The SMILES string of the molecule is O=C(F)c1cc[nH]c1. The van der Waals surface area contributed by atoms with Crippen molar-refractivity contribution in [3.8, 4) is 0 Å². The maximum Gasteiger partial charge on any atom is 0.333 e. The van der Waals surface area contributed by atoms with Gasteiger partial charge in [-0.3, -0.25) is 4.79 Å². The predicted octanol–water partition coefficient (Wildman–Crippen LogP) is 1.12. The van der Waals surface area contributed by atoms with Crippen LogP contribution in [0.3, 0.4) is 0 Å². The van der Waals surface area contributed by atoms with Crippen molar-refractivity contribution in [1.82, 2.24) is 4.98 Å². The summed E-state index contributed by atoms with van der Waals surface area (Å²) < 4.78 is 11.6. The maximum atomic E-state index is 11.6. The molecule has 0 saturated carbocycles. The van der Waals surface area contributed by atoms with Gasteiger partial charge in [-0.25, -0.2) is 0 Å². The van der Waals surface area contributed by atoms with Gasteiger partial charge < -0.3 is 4.98 Å². The number of aromatic nitrogens is 1. The number of nitrogens with one attached hydrogen (secondary N) is 1. The van der Waals surface area contributed by atoms with E-state index in [1.807, 2.05) is 0 Å². The average Bonchev–Trinajstić information content (AvgIpc) is 2.12. The molecule has 42 valence electrons. The molecule has 0 fully saturated rings. The Morgan fingerprint density at radius 3 is 2.75 bits per heavy atom. The van der Waals surface area contributed by atoms with Crippen LogP contribution in [0.25, 0.3) is 0 Å². The molecule has 0 aliphatic heterocycles. The van der Waals surface area contributed by atoms with Crippen LogP contribution in [0.4, 0.5) is 4.39 Å². The smallest absolute Gasteiger partial charge is 0.333 e. The fourth-order valence-corrected chi connectivity index (χ4v) is 0.446. The van der Waals surface area contributed by atoms with Crippen LogP contribution in [0.1, 0.15) is 10.4 Å². The summed E-state index contributed by atoms with van der Waals surface area (Å²) in [5.41, 5.74) is 0.0741. The molecule has 1 aromatic rings. The number of aromatic amines is 1. The Morgan fingerprint density at radius 1 is 1.75 bits per heavy atom. The minimum absolute atomic E-state index is 0.0741. The number of carbonyl (C=O) groups is 1. The Bertz CT molecular complexity index is 180. The maximum absolute atomic E-state index is 11.6. The predicted molar refractivity (Wildman–Crippen MR) is 26.2 cm³/mol. The Labute approximate surface area is 45.3 Å². The molecule has 2 nitrogen and oxygen atoms in total. The van der Waals surface area contributed by atoms with E-state index in [0.717, 1.165) is 0 Å². The van der Waals surface area contributed by atoms with Gasteiger partial charge in [0.05, 0.1) is 5.56 Å². The summed E-state index contributed by atoms with van der Waals surface area (Å²) in [5.74, 6) is 0. The zero-order chi connectivity index (χ0) is 5.98. The van der Waals surface area contributed by atoms with Crippen molar-refractivity contribution >= 4 is 6.04 Å². The molecule has 0 saturated heterocycles. The highest BCUT2D eigenvalue weighted by Gasteiger charge is 1.99. The molecule has 1 rings (SSSR count). The summed E-state index contributed by atoms with van der Waals surface area (Å²) in [5, 5.41) is 0. The minimum atomic E-state index is -1.40. The fraction of sp³-hybridized carbons (Fsp3) is 0. The lowest BCUT2D eigenvalue weighted by molar-refractivity contribution is 0.0836. The molecule has 0 spiro atoms. The van der Waals surface area contributed by atoms with Gasteiger partial charge in [0.1, 0.15) is 0 Å². The molecule has 1 aromatic heterocycles. The first-order valence-electron chi connectivity index (χ1n) is 2.13. The van der Waals surface area contributed by atoms with Crippen molar-refractivity contribution in [2.45, 2.75) is 0 Å². The van der Waals surface area contributed by atoms with Gasteiger partial charge in [0, 0.05) is 12.4 Å². The number of carbonyl (C=O) groups excluding carboxylic acids is 1. The quantitative estimate of drug-likeness (QED) is 0.544. The van der Waals surface area contributed by atoms with E-state index in [4.69, 9.17) is 0 Å². The molecule has 1 heterocycles. The van der Waals surface area contributed by atoms with Crippen LogP contribution in [0.5, 0.6) is 0 Å². The van der Waals surface area contributed by atoms with Crippen molar-refractivity contribution in [2.24, 2.45) is 0 Å². The van der Waals surface area contributed by atoms with Gasteiger partial charge >= 0.3 is 6.04 Å². The first-order chi connectivity index (χ1) is 3.80. The Hall–Kier alpha value is -1.12. The summed E-state index contributed by atoms with van der Waals surface area (Å²) in [6.07, 6.45) is 2.80. The van der Waals surface area contributed by atoms with Gasteiger partial charge in [-0.15, -0.1) is 0 Å². The Balaban J connectivity index is 2.93. The largest absolute Gasteiger partial charge is 0.367 e. The molecule has 0 aliphatic rings. The van der Waals surface area contributed by atoms with Crippen molar-refractivity contribution in [1.29, 1.82) is 0 Å². The minimum Gasteiger partial charge on any atom is -0.367 e. The van der Waals surface area contributed by atoms with Gasteiger partial charge in [-0.05, 0) is 6.07 Å². The third-order valence-electron chi connectivity index (χ3n) is 0.825. The lowest BCUT2D eigenvalue weighted by atomic mass is 10.4. The second kappa shape index (κ2) is 1.78. The Kier molecular flexibility index (Phi) is 1.12. The standard InChI is InChI=1S/C5H4FNO/c6-5(8)4-1-2-7-3-4/h1-3,7H. The van der Waals surface area contributed by atoms with Gasteiger partial charge in [-0.1, -0.05) is 0 Å². The number of rotatable bonds is 1. The van der Waals surface area contributed by atoms with Crippen LogP contribution in [0, 0.1) is 0 Å². The highest BCUT2D eigenvalue weighted by molar-refractivity contribution is 5.87. The summed E-state index contributed by atoms with van der Waals surface area (Å²) in [4.78, 5) is 12.4. The lowest BCUT2D eigenvalue weighted by Crippen LogP contribution is -1.83. The normalized spacial score (nSPS) is 9.12. The van der Waals surface area contributed by atoms with E-state index in [1.165, 1.54) is 18.5 Å². The van der Waals surface area contributed by atoms with E-state index in [2.05, 4.69) is 4.98 Å². The highest BCUT2D eigenvalue weighted by Crippen LogP contribution is 1.96. The molecule has 0 aromatic carbocycles. The molecule has 0 atom stereocenters. The van der Waals surface area contributed by atoms with Crippen LogP contribution in [-0.4, -0.2) is 11.0 Å². The van der Waals surface area contributed by atoms with E-state index in [-0.39, 0.29) is 5.56 Å². The average molecular weight is 113 g/mol. The fourth-order valence-electron chi connectivity index (χ4n) is 0.446. The van der Waals surface area contributed by atoms with E-state index in [0.29, 0.717) is 0 Å². The second-order valence-corrected chi connectivity index (χ2v) is 1.37. The monoisotopic (exact) mass is 113 g/mol. The van der Waals surface area contributed by atoms with Gasteiger partial charge in [-0.2, -0.15) is 4.39 Å². The van der Waals surface area contributed by atoms with Crippen LogP contribution in [-0.2, 0) is 0 Å². The van der Waals surface area contributed by atoms with Gasteiger partial charge in [0.25, 0.3) is 0 Å². The number of hydrogen-bond donors (Lipinski definition) is 1. The van der Waals surface area contributed by atoms with Crippen LogP contribution >= 0.6 is 0 Å². The molecule has 0 bridgehead atoms. The summed E-state index contributed by atoms with van der Waals surface area (Å²) in [6, 6.07) is -0.0197. The van der Waals surface area contributed by atoms with E-state index < -0.39 is 6.04 Å². The van der Waals surface area contributed by atoms with Crippen LogP contribution in [0.15, 0.2) is 18.5 Å². The zero-order valence-corrected chi connectivity index (χ0v) is 4.02. The van der Waals surface area contributed by atoms with Crippen molar-refractivity contribution < 1.29 is 9.18 Å². The van der Waals surface area contributed by atoms with E-state index >= 15 is 0 Å². The van der Waals surface area contributed by atoms with Crippen molar-refractivity contribution in [3.05, 3.63) is 24.0 Å². The molecule has 0 unspecified atom stereocenters. The van der Waals surface area contributed by atoms with Gasteiger partial charge in [0.2, 0.25) is 0 Å². The van der Waals surface area contributed by atoms with Crippen molar-refractivity contribution in [3.63, 3.8) is 0 Å². The van der Waals surface area contributed by atoms with E-state index in [9.17, 15) is 9.18 Å². The zero-order valence-electron chi connectivity index (χ0n) is 4.02. The molecule has 0 aliphatic carbocycles. The third-order valence-corrected chi connectivity index (χ3v) is 0.825. The van der Waals surface area contributed by atoms with Crippen LogP contribution in [0.2, 0.25) is 0 Å². The molecular weight excluding hydrogens is 109 g/mol. The summed E-state index contributed by atoms with van der Waals surface area (Å²) >= 11 is 0. The number of halogens is 1. The summed E-state index contributed by atoms with van der Waals surface area (Å²) in [6.45, 7) is 0. The molecule has 8 heavy (non-hydrogen) atoms.